The van der Waals surface area contributed by atoms with Gasteiger partial charge in [0.05, 0.1) is 24.4 Å². The van der Waals surface area contributed by atoms with Gasteiger partial charge < -0.3 is 0 Å². The summed E-state index contributed by atoms with van der Waals surface area (Å²) in [6, 6.07) is 26.6. The van der Waals surface area contributed by atoms with Crippen molar-refractivity contribution in [3.63, 3.8) is 0 Å². The first-order valence-corrected chi connectivity index (χ1v) is 10.8. The van der Waals surface area contributed by atoms with Gasteiger partial charge in [0.25, 0.3) is 0 Å². The van der Waals surface area contributed by atoms with Crippen LogP contribution in [0.3, 0.4) is 0 Å². The van der Waals surface area contributed by atoms with E-state index in [1.807, 2.05) is 63.6 Å². The molecule has 0 atom stereocenters. The van der Waals surface area contributed by atoms with Gasteiger partial charge in [0.2, 0.25) is 0 Å². The summed E-state index contributed by atoms with van der Waals surface area (Å²) in [7, 11) is 0. The Bertz CT molecular complexity index is 1170. The molecule has 0 bridgehead atoms. The molecule has 0 radical (unpaired) electrons. The van der Waals surface area contributed by atoms with E-state index in [2.05, 4.69) is 61.9 Å². The Balaban J connectivity index is 1.36. The van der Waals surface area contributed by atoms with Crippen molar-refractivity contribution in [3.8, 4) is 0 Å². The lowest BCUT2D eigenvalue weighted by atomic mass is 10.3. The van der Waals surface area contributed by atoms with E-state index in [4.69, 9.17) is 0 Å². The molecule has 0 aliphatic rings. The average molecular weight is 416 g/mol. The van der Waals surface area contributed by atoms with Crippen LogP contribution in [0.15, 0.2) is 83.8 Å². The maximum atomic E-state index is 4.37. The Morgan fingerprint density at radius 1 is 0.667 bits per heavy atom. The summed E-state index contributed by atoms with van der Waals surface area (Å²) >= 11 is 1.85. The van der Waals surface area contributed by atoms with Crippen molar-refractivity contribution in [2.24, 2.45) is 0 Å². The monoisotopic (exact) mass is 415 g/mol. The fourth-order valence-electron chi connectivity index (χ4n) is 3.42. The second-order valence-corrected chi connectivity index (χ2v) is 8.16. The van der Waals surface area contributed by atoms with E-state index in [1.54, 1.807) is 0 Å². The Hall–Kier alpha value is -3.23. The summed E-state index contributed by atoms with van der Waals surface area (Å²) in [5.41, 5.74) is 3.87. The molecular formula is C22H21N7S. The van der Waals surface area contributed by atoms with E-state index in [0.29, 0.717) is 13.3 Å². The molecule has 0 amide bonds. The van der Waals surface area contributed by atoms with Crippen LogP contribution in [-0.2, 0) is 13.3 Å². The fraction of sp³-hybridized carbons (Fsp3) is 0.182. The maximum Gasteiger partial charge on any atom is 0.113 e. The van der Waals surface area contributed by atoms with Gasteiger partial charge in [-0.25, -0.2) is 9.36 Å². The van der Waals surface area contributed by atoms with Gasteiger partial charge in [-0.05, 0) is 36.4 Å². The van der Waals surface area contributed by atoms with E-state index >= 15 is 0 Å². The Kier molecular flexibility index (Phi) is 5.41. The van der Waals surface area contributed by atoms with Gasteiger partial charge in [0, 0.05) is 17.2 Å². The van der Waals surface area contributed by atoms with E-state index in [0.717, 1.165) is 34.4 Å². The zero-order valence-corrected chi connectivity index (χ0v) is 17.2. The first-order chi connectivity index (χ1) is 14.9. The van der Waals surface area contributed by atoms with Crippen molar-refractivity contribution in [2.45, 2.75) is 18.2 Å². The molecule has 150 valence electrons. The van der Waals surface area contributed by atoms with Crippen LogP contribution in [-0.4, -0.2) is 47.2 Å². The first kappa shape index (κ1) is 18.8. The zero-order valence-electron chi connectivity index (χ0n) is 16.4. The van der Waals surface area contributed by atoms with E-state index in [-0.39, 0.29) is 0 Å². The molecule has 0 fully saturated rings. The second-order valence-electron chi connectivity index (χ2n) is 6.99. The van der Waals surface area contributed by atoms with Gasteiger partial charge >= 0.3 is 0 Å². The van der Waals surface area contributed by atoms with Crippen molar-refractivity contribution in [1.29, 1.82) is 0 Å². The predicted molar refractivity (Wildman–Crippen MR) is 119 cm³/mol. The third-order valence-electron chi connectivity index (χ3n) is 4.93. The quantitative estimate of drug-likeness (QED) is 0.358. The van der Waals surface area contributed by atoms with E-state index in [9.17, 15) is 0 Å². The van der Waals surface area contributed by atoms with Crippen molar-refractivity contribution in [3.05, 3.63) is 78.9 Å². The molecule has 3 aromatic carbocycles. The molecular weight excluding hydrogens is 394 g/mol. The Morgan fingerprint density at radius 2 is 1.20 bits per heavy atom. The minimum absolute atomic E-state index is 0.629. The molecule has 5 aromatic rings. The van der Waals surface area contributed by atoms with E-state index in [1.165, 1.54) is 4.90 Å². The number of nitrogens with zero attached hydrogens (tertiary/aromatic N) is 7. The molecule has 0 saturated carbocycles. The molecule has 0 unspecified atom stereocenters. The molecule has 5 rings (SSSR count). The fourth-order valence-corrected chi connectivity index (χ4v) is 4.35. The number of thioether (sulfide) groups is 1. The van der Waals surface area contributed by atoms with Gasteiger partial charge in [-0.3, -0.25) is 4.90 Å². The molecule has 0 aliphatic carbocycles. The van der Waals surface area contributed by atoms with Crippen LogP contribution in [0.4, 0.5) is 0 Å². The van der Waals surface area contributed by atoms with Crippen LogP contribution in [0, 0.1) is 0 Å². The molecule has 0 N–H and O–H groups in total. The lowest BCUT2D eigenvalue weighted by Crippen LogP contribution is -2.32. The summed E-state index contributed by atoms with van der Waals surface area (Å²) in [5, 5.41) is 17.3. The number of hydrogen-bond acceptors (Lipinski definition) is 6. The molecule has 0 spiro atoms. The SMILES string of the molecule is c1ccc(SCCN(Cn2nnc3ccccc32)Cn2nnc3ccccc32)cc1. The maximum absolute atomic E-state index is 4.37. The molecule has 7 nitrogen and oxygen atoms in total. The average Bonchev–Trinajstić information content (AvgIpc) is 3.39. The largest absolute Gasteiger partial charge is 0.264 e. The molecule has 0 aliphatic heterocycles. The van der Waals surface area contributed by atoms with Crippen LogP contribution in [0.5, 0.6) is 0 Å². The standard InChI is InChI=1S/C22H21N7S/c1-2-8-18(9-3-1)30-15-14-27(16-28-21-12-6-4-10-19(21)23-25-28)17-29-22-13-7-5-11-20(22)24-26-29/h1-13H,14-17H2. The van der Waals surface area contributed by atoms with Crippen LogP contribution in [0.25, 0.3) is 22.1 Å². The number of aromatic nitrogens is 6. The van der Waals surface area contributed by atoms with Crippen LogP contribution >= 0.6 is 11.8 Å². The summed E-state index contributed by atoms with van der Waals surface area (Å²) in [4.78, 5) is 3.59. The van der Waals surface area contributed by atoms with Gasteiger partial charge in [-0.1, -0.05) is 52.9 Å². The van der Waals surface area contributed by atoms with Crippen LogP contribution in [0.1, 0.15) is 0 Å². The molecule has 2 heterocycles. The van der Waals surface area contributed by atoms with Crippen molar-refractivity contribution in [2.75, 3.05) is 12.3 Å². The summed E-state index contributed by atoms with van der Waals surface area (Å²) < 4.78 is 3.89. The number of rotatable bonds is 8. The highest BCUT2D eigenvalue weighted by molar-refractivity contribution is 7.99. The van der Waals surface area contributed by atoms with Crippen LogP contribution < -0.4 is 0 Å². The highest BCUT2D eigenvalue weighted by Crippen LogP contribution is 2.18. The first-order valence-electron chi connectivity index (χ1n) is 9.83. The number of fused-ring (bicyclic) bond motifs is 2. The summed E-state index contributed by atoms with van der Waals surface area (Å²) in [5.74, 6) is 0.962. The summed E-state index contributed by atoms with van der Waals surface area (Å²) in [6.45, 7) is 2.13. The third kappa shape index (κ3) is 4.05. The highest BCUT2D eigenvalue weighted by Gasteiger charge is 2.13. The molecule has 30 heavy (non-hydrogen) atoms. The predicted octanol–water partition coefficient (Wildman–Crippen LogP) is 3.89. The third-order valence-corrected chi connectivity index (χ3v) is 5.92. The normalized spacial score (nSPS) is 11.6. The van der Waals surface area contributed by atoms with Gasteiger partial charge in [0.15, 0.2) is 0 Å². The van der Waals surface area contributed by atoms with Crippen LogP contribution in [0.2, 0.25) is 0 Å². The molecule has 8 heteroatoms. The minimum Gasteiger partial charge on any atom is -0.264 e. The topological polar surface area (TPSA) is 64.7 Å². The lowest BCUT2D eigenvalue weighted by molar-refractivity contribution is 0.166. The van der Waals surface area contributed by atoms with Crippen molar-refractivity contribution >= 4 is 33.8 Å². The van der Waals surface area contributed by atoms with Gasteiger partial charge in [-0.2, -0.15) is 0 Å². The van der Waals surface area contributed by atoms with Gasteiger partial charge in [0.1, 0.15) is 11.0 Å². The lowest BCUT2D eigenvalue weighted by Gasteiger charge is -2.22. The Labute approximate surface area is 178 Å². The second kappa shape index (κ2) is 8.64. The number of para-hydroxylation sites is 2. The Morgan fingerprint density at radius 3 is 1.80 bits per heavy atom. The molecule has 2 aromatic heterocycles. The van der Waals surface area contributed by atoms with Crippen molar-refractivity contribution < 1.29 is 0 Å². The number of benzene rings is 3. The minimum atomic E-state index is 0.629. The van der Waals surface area contributed by atoms with Gasteiger partial charge in [-0.15, -0.1) is 22.0 Å². The highest BCUT2D eigenvalue weighted by atomic mass is 32.2. The van der Waals surface area contributed by atoms with Crippen molar-refractivity contribution in [1.82, 2.24) is 34.9 Å². The zero-order chi connectivity index (χ0) is 20.2. The van der Waals surface area contributed by atoms with E-state index < -0.39 is 0 Å². The number of hydrogen-bond donors (Lipinski definition) is 0. The molecule has 0 saturated heterocycles. The smallest absolute Gasteiger partial charge is 0.113 e. The summed E-state index contributed by atoms with van der Waals surface area (Å²) in [6.07, 6.45) is 0.